The summed E-state index contributed by atoms with van der Waals surface area (Å²) in [4.78, 5) is 10.4. The van der Waals surface area contributed by atoms with Crippen molar-refractivity contribution in [3.05, 3.63) is 12.4 Å². The molecule has 8 nitrogen and oxygen atoms in total. The fraction of sp³-hybridized carbons (Fsp3) is 0.600. The second-order valence-corrected chi connectivity index (χ2v) is 6.33. The maximum Gasteiger partial charge on any atom is 0.305 e. The van der Waals surface area contributed by atoms with Crippen molar-refractivity contribution in [2.24, 2.45) is 0 Å². The molecule has 0 spiro atoms. The van der Waals surface area contributed by atoms with E-state index < -0.39 is 22.1 Å². The van der Waals surface area contributed by atoms with Gasteiger partial charge in [0.25, 0.3) is 0 Å². The number of rotatable bonds is 5. The van der Waals surface area contributed by atoms with Gasteiger partial charge < -0.3 is 10.2 Å². The van der Waals surface area contributed by atoms with Crippen molar-refractivity contribution < 1.29 is 23.4 Å². The molecule has 1 fully saturated rings. The number of sulfonamides is 1. The van der Waals surface area contributed by atoms with Crippen LogP contribution in [-0.2, 0) is 21.4 Å². The highest BCUT2D eigenvalue weighted by Crippen LogP contribution is 2.20. The van der Waals surface area contributed by atoms with Crippen molar-refractivity contribution >= 4 is 16.0 Å². The molecule has 0 radical (unpaired) electrons. The van der Waals surface area contributed by atoms with Crippen LogP contribution in [-0.4, -0.2) is 57.9 Å². The standard InChI is InChI=1S/C10H15N3O5S/c14-8-1-4-13(6-8)19(17,18)9-5-11-12(7-9)3-2-10(15)16/h5,7-8,14H,1-4,6H2,(H,15,16)/t8-/m0/s1. The van der Waals surface area contributed by atoms with Gasteiger partial charge >= 0.3 is 5.97 Å². The Morgan fingerprint density at radius 3 is 2.84 bits per heavy atom. The first-order chi connectivity index (χ1) is 8.89. The van der Waals surface area contributed by atoms with Gasteiger partial charge in [0.2, 0.25) is 10.0 Å². The SMILES string of the molecule is O=C(O)CCn1cc(S(=O)(=O)N2CC[C@H](O)C2)cn1. The summed E-state index contributed by atoms with van der Waals surface area (Å²) >= 11 is 0. The van der Waals surface area contributed by atoms with E-state index in [9.17, 15) is 18.3 Å². The van der Waals surface area contributed by atoms with Crippen LogP contribution in [0.2, 0.25) is 0 Å². The molecule has 0 aliphatic carbocycles. The first-order valence-corrected chi connectivity index (χ1v) is 7.26. The zero-order chi connectivity index (χ0) is 14.0. The molecular formula is C10H15N3O5S. The number of aliphatic hydroxyl groups is 1. The van der Waals surface area contributed by atoms with E-state index in [1.54, 1.807) is 0 Å². The number of aliphatic carboxylic acids is 1. The van der Waals surface area contributed by atoms with Gasteiger partial charge in [-0.3, -0.25) is 9.48 Å². The zero-order valence-electron chi connectivity index (χ0n) is 10.1. The molecule has 0 unspecified atom stereocenters. The van der Waals surface area contributed by atoms with Gasteiger partial charge in [0.05, 0.1) is 25.3 Å². The van der Waals surface area contributed by atoms with E-state index >= 15 is 0 Å². The molecule has 1 aromatic rings. The Balaban J connectivity index is 2.11. The minimum Gasteiger partial charge on any atom is -0.481 e. The van der Waals surface area contributed by atoms with Gasteiger partial charge in [0.15, 0.2) is 0 Å². The number of nitrogens with zero attached hydrogens (tertiary/aromatic N) is 3. The van der Waals surface area contributed by atoms with Crippen molar-refractivity contribution in [3.63, 3.8) is 0 Å². The molecule has 9 heteroatoms. The fourth-order valence-electron chi connectivity index (χ4n) is 1.89. The molecule has 0 aromatic carbocycles. The lowest BCUT2D eigenvalue weighted by molar-refractivity contribution is -0.137. The maximum absolute atomic E-state index is 12.2. The number of carbonyl (C=O) groups is 1. The summed E-state index contributed by atoms with van der Waals surface area (Å²) in [6.45, 7) is 0.486. The van der Waals surface area contributed by atoms with Crippen molar-refractivity contribution in [3.8, 4) is 0 Å². The van der Waals surface area contributed by atoms with Crippen LogP contribution in [0.15, 0.2) is 17.3 Å². The second kappa shape index (κ2) is 5.27. The molecule has 0 amide bonds. The molecule has 2 N–H and O–H groups in total. The minimum atomic E-state index is -3.65. The molecule has 1 aliphatic rings. The molecule has 106 valence electrons. The second-order valence-electron chi connectivity index (χ2n) is 4.39. The number of aromatic nitrogens is 2. The van der Waals surface area contributed by atoms with Crippen molar-refractivity contribution in [2.75, 3.05) is 13.1 Å². The topological polar surface area (TPSA) is 113 Å². The minimum absolute atomic E-state index is 0.0204. The van der Waals surface area contributed by atoms with Crippen molar-refractivity contribution in [1.29, 1.82) is 0 Å². The fourth-order valence-corrected chi connectivity index (χ4v) is 3.34. The predicted octanol–water partition coefficient (Wildman–Crippen LogP) is -0.887. The smallest absolute Gasteiger partial charge is 0.305 e. The van der Waals surface area contributed by atoms with Gasteiger partial charge in [0.1, 0.15) is 4.90 Å². The van der Waals surface area contributed by atoms with E-state index in [2.05, 4.69) is 5.10 Å². The Hall–Kier alpha value is -1.45. The third-order valence-corrected chi connectivity index (χ3v) is 4.75. The lowest BCUT2D eigenvalue weighted by Crippen LogP contribution is -2.29. The number of carboxylic acid groups (broad SMARTS) is 1. The van der Waals surface area contributed by atoms with Crippen LogP contribution in [0.3, 0.4) is 0 Å². The Bertz CT molecular complexity index is 567. The predicted molar refractivity (Wildman–Crippen MR) is 63.9 cm³/mol. The van der Waals surface area contributed by atoms with Gasteiger partial charge in [-0.15, -0.1) is 0 Å². The molecule has 1 atom stereocenters. The van der Waals surface area contributed by atoms with Gasteiger partial charge in [-0.25, -0.2) is 8.42 Å². The monoisotopic (exact) mass is 289 g/mol. The highest BCUT2D eigenvalue weighted by molar-refractivity contribution is 7.89. The number of β-amino-alcohol motifs (C(OH)–C–C–N with tert-alkyl or cyclic N) is 1. The summed E-state index contributed by atoms with van der Waals surface area (Å²) in [6.07, 6.45) is 2.18. The molecule has 1 aliphatic heterocycles. The third kappa shape index (κ3) is 3.11. The molecule has 2 heterocycles. The van der Waals surface area contributed by atoms with Crippen LogP contribution in [0, 0.1) is 0 Å². The average Bonchev–Trinajstić information content (AvgIpc) is 2.95. The van der Waals surface area contributed by atoms with Crippen molar-refractivity contribution in [1.82, 2.24) is 14.1 Å². The molecule has 1 aromatic heterocycles. The van der Waals surface area contributed by atoms with Gasteiger partial charge in [-0.2, -0.15) is 9.40 Å². The van der Waals surface area contributed by atoms with Crippen LogP contribution in [0.25, 0.3) is 0 Å². The number of carboxylic acids is 1. The highest BCUT2D eigenvalue weighted by Gasteiger charge is 2.32. The third-order valence-electron chi connectivity index (χ3n) is 2.93. The first kappa shape index (κ1) is 14.0. The normalized spacial score (nSPS) is 20.8. The summed E-state index contributed by atoms with van der Waals surface area (Å²) in [6, 6.07) is 0. The molecule has 19 heavy (non-hydrogen) atoms. The molecular weight excluding hydrogens is 274 g/mol. The molecule has 2 rings (SSSR count). The first-order valence-electron chi connectivity index (χ1n) is 5.82. The van der Waals surface area contributed by atoms with E-state index in [0.717, 1.165) is 0 Å². The Morgan fingerprint density at radius 1 is 1.53 bits per heavy atom. The lowest BCUT2D eigenvalue weighted by atomic mass is 10.3. The summed E-state index contributed by atoms with van der Waals surface area (Å²) in [7, 11) is -3.65. The quantitative estimate of drug-likeness (QED) is 0.727. The van der Waals surface area contributed by atoms with Gasteiger partial charge in [-0.05, 0) is 6.42 Å². The molecule has 0 bridgehead atoms. The van der Waals surface area contributed by atoms with Gasteiger partial charge in [-0.1, -0.05) is 0 Å². The van der Waals surface area contributed by atoms with E-state index in [-0.39, 0.29) is 31.0 Å². The number of aryl methyl sites for hydroxylation is 1. The van der Waals surface area contributed by atoms with Crippen LogP contribution in [0.5, 0.6) is 0 Å². The van der Waals surface area contributed by atoms with Crippen LogP contribution in [0.4, 0.5) is 0 Å². The van der Waals surface area contributed by atoms with E-state index in [1.807, 2.05) is 0 Å². The van der Waals surface area contributed by atoms with Crippen LogP contribution in [0.1, 0.15) is 12.8 Å². The molecule has 0 saturated carbocycles. The lowest BCUT2D eigenvalue weighted by Gasteiger charge is -2.13. The van der Waals surface area contributed by atoms with Crippen LogP contribution >= 0.6 is 0 Å². The summed E-state index contributed by atoms with van der Waals surface area (Å²) in [5.74, 6) is -0.970. The zero-order valence-corrected chi connectivity index (χ0v) is 11.0. The number of aliphatic hydroxyl groups excluding tert-OH is 1. The maximum atomic E-state index is 12.2. The average molecular weight is 289 g/mol. The number of hydrogen-bond donors (Lipinski definition) is 2. The summed E-state index contributed by atoms with van der Waals surface area (Å²) in [5, 5.41) is 21.7. The summed E-state index contributed by atoms with van der Waals surface area (Å²) < 4.78 is 26.8. The Morgan fingerprint density at radius 2 is 2.26 bits per heavy atom. The highest BCUT2D eigenvalue weighted by atomic mass is 32.2. The van der Waals surface area contributed by atoms with Crippen LogP contribution < -0.4 is 0 Å². The number of hydrogen-bond acceptors (Lipinski definition) is 5. The van der Waals surface area contributed by atoms with Gasteiger partial charge in [0, 0.05) is 19.3 Å². The van der Waals surface area contributed by atoms with E-state index in [0.29, 0.717) is 6.42 Å². The van der Waals surface area contributed by atoms with E-state index in [4.69, 9.17) is 5.11 Å². The summed E-state index contributed by atoms with van der Waals surface area (Å²) in [5.41, 5.74) is 0. The Labute approximate surface area is 110 Å². The largest absolute Gasteiger partial charge is 0.481 e. The molecule has 1 saturated heterocycles. The Kier molecular flexibility index (Phi) is 3.88. The van der Waals surface area contributed by atoms with Crippen molar-refractivity contribution in [2.45, 2.75) is 30.4 Å². The van der Waals surface area contributed by atoms with E-state index in [1.165, 1.54) is 21.4 Å².